The van der Waals surface area contributed by atoms with Gasteiger partial charge in [0.25, 0.3) is 0 Å². The van der Waals surface area contributed by atoms with E-state index < -0.39 is 0 Å². The highest BCUT2D eigenvalue weighted by Crippen LogP contribution is 2.53. The fraction of sp³-hybridized carbons (Fsp3) is 0.476. The Kier molecular flexibility index (Phi) is 4.39. The summed E-state index contributed by atoms with van der Waals surface area (Å²) in [5.41, 5.74) is 1.12. The topological polar surface area (TPSA) is 59.2 Å². The lowest BCUT2D eigenvalue weighted by molar-refractivity contribution is -0.161. The van der Waals surface area contributed by atoms with Gasteiger partial charge in [0.2, 0.25) is 17.7 Å². The van der Waals surface area contributed by atoms with Crippen LogP contribution in [-0.2, 0) is 10.3 Å². The van der Waals surface area contributed by atoms with Crippen LogP contribution in [0.4, 0.5) is 0 Å². The Bertz CT molecular complexity index is 812. The average molecular weight is 351 g/mol. The number of fused-ring (bicyclic) bond motifs is 1. The molecule has 5 heteroatoms. The number of amides is 1. The van der Waals surface area contributed by atoms with Crippen LogP contribution in [0.25, 0.3) is 6.08 Å². The second-order valence-corrected chi connectivity index (χ2v) is 7.65. The second kappa shape index (κ2) is 6.71. The smallest absolute Gasteiger partial charge is 0.247 e. The van der Waals surface area contributed by atoms with Crippen LogP contribution in [0, 0.1) is 5.92 Å². The third kappa shape index (κ3) is 2.75. The summed E-state index contributed by atoms with van der Waals surface area (Å²) >= 11 is 0. The molecule has 26 heavy (non-hydrogen) atoms. The molecule has 0 radical (unpaired) electrons. The van der Waals surface area contributed by atoms with Gasteiger partial charge in [-0.25, -0.2) is 0 Å². The van der Waals surface area contributed by atoms with Crippen molar-refractivity contribution < 1.29 is 9.21 Å². The molecule has 1 aliphatic heterocycles. The molecule has 0 bridgehead atoms. The number of rotatable bonds is 4. The predicted molar refractivity (Wildman–Crippen MR) is 99.2 cm³/mol. The zero-order valence-corrected chi connectivity index (χ0v) is 15.4. The maximum absolute atomic E-state index is 12.9. The number of nitrogens with zero attached hydrogens (tertiary/aromatic N) is 3. The lowest BCUT2D eigenvalue weighted by Crippen LogP contribution is -2.67. The molecular formula is C21H25N3O2. The van der Waals surface area contributed by atoms with E-state index in [0.717, 1.165) is 13.0 Å². The molecule has 0 N–H and O–H groups in total. The Morgan fingerprint density at radius 3 is 2.77 bits per heavy atom. The van der Waals surface area contributed by atoms with E-state index >= 15 is 0 Å². The van der Waals surface area contributed by atoms with Crippen LogP contribution >= 0.6 is 0 Å². The summed E-state index contributed by atoms with van der Waals surface area (Å²) in [6, 6.07) is 10.5. The number of benzene rings is 1. The molecular weight excluding hydrogens is 326 g/mol. The van der Waals surface area contributed by atoms with E-state index in [2.05, 4.69) is 34.5 Å². The number of carbonyl (C=O) groups is 1. The van der Waals surface area contributed by atoms with Crippen LogP contribution in [0.15, 0.2) is 40.8 Å². The first-order chi connectivity index (χ1) is 12.6. The van der Waals surface area contributed by atoms with Crippen molar-refractivity contribution in [3.63, 3.8) is 0 Å². The van der Waals surface area contributed by atoms with Gasteiger partial charge in [0.1, 0.15) is 0 Å². The zero-order chi connectivity index (χ0) is 18.1. The summed E-state index contributed by atoms with van der Waals surface area (Å²) < 4.78 is 5.56. The van der Waals surface area contributed by atoms with Crippen LogP contribution in [0.5, 0.6) is 0 Å². The maximum atomic E-state index is 12.9. The SMILES string of the molecule is CC(C)c1nnc(/C=C/C(=O)N2CC3CCCCC32c2ccccc2)o1. The van der Waals surface area contributed by atoms with E-state index in [9.17, 15) is 4.79 Å². The van der Waals surface area contributed by atoms with E-state index in [1.54, 1.807) is 12.2 Å². The van der Waals surface area contributed by atoms with Gasteiger partial charge in [-0.15, -0.1) is 10.2 Å². The summed E-state index contributed by atoms with van der Waals surface area (Å²) in [5, 5.41) is 8.00. The lowest BCUT2D eigenvalue weighted by Gasteiger charge is -2.61. The third-order valence-corrected chi connectivity index (χ3v) is 5.78. The van der Waals surface area contributed by atoms with Crippen molar-refractivity contribution in [2.24, 2.45) is 5.92 Å². The summed E-state index contributed by atoms with van der Waals surface area (Å²) in [5.74, 6) is 1.74. The fourth-order valence-corrected chi connectivity index (χ4v) is 4.43. The van der Waals surface area contributed by atoms with Gasteiger partial charge < -0.3 is 9.32 Å². The summed E-state index contributed by atoms with van der Waals surface area (Å²) in [6.07, 6.45) is 7.88. The van der Waals surface area contributed by atoms with Gasteiger partial charge in [-0.1, -0.05) is 57.0 Å². The minimum atomic E-state index is -0.140. The molecule has 2 heterocycles. The van der Waals surface area contributed by atoms with Crippen LogP contribution in [0.3, 0.4) is 0 Å². The van der Waals surface area contributed by atoms with E-state index in [4.69, 9.17) is 4.42 Å². The van der Waals surface area contributed by atoms with Crippen molar-refractivity contribution >= 4 is 12.0 Å². The summed E-state index contributed by atoms with van der Waals surface area (Å²) in [6.45, 7) is 4.83. The first kappa shape index (κ1) is 17.0. The van der Waals surface area contributed by atoms with E-state index in [1.807, 2.05) is 24.8 Å². The highest BCUT2D eigenvalue weighted by atomic mass is 16.4. The molecule has 2 unspecified atom stereocenters. The van der Waals surface area contributed by atoms with Gasteiger partial charge in [-0.05, 0) is 18.4 Å². The van der Waals surface area contributed by atoms with Gasteiger partial charge in [0.05, 0.1) is 5.54 Å². The number of likely N-dealkylation sites (tertiary alicyclic amines) is 1. The van der Waals surface area contributed by atoms with Crippen molar-refractivity contribution in [3.8, 4) is 0 Å². The molecule has 1 saturated carbocycles. The van der Waals surface area contributed by atoms with E-state index in [-0.39, 0.29) is 17.4 Å². The molecule has 2 aliphatic rings. The molecule has 136 valence electrons. The largest absolute Gasteiger partial charge is 0.421 e. The molecule has 1 aromatic carbocycles. The highest BCUT2D eigenvalue weighted by molar-refractivity contribution is 5.92. The van der Waals surface area contributed by atoms with Crippen molar-refractivity contribution in [2.45, 2.75) is 51.0 Å². The molecule has 1 amide bonds. The third-order valence-electron chi connectivity index (χ3n) is 5.78. The highest BCUT2D eigenvalue weighted by Gasteiger charge is 2.56. The first-order valence-electron chi connectivity index (χ1n) is 9.50. The predicted octanol–water partition coefficient (Wildman–Crippen LogP) is 4.13. The fourth-order valence-electron chi connectivity index (χ4n) is 4.43. The molecule has 5 nitrogen and oxygen atoms in total. The standard InChI is InChI=1S/C21H25N3O2/c1-15(2)20-23-22-18(26-20)11-12-19(25)24-14-17-10-6-7-13-21(17,24)16-8-4-3-5-9-16/h3-5,8-9,11-12,15,17H,6-7,10,13-14H2,1-2H3/b12-11+. The number of hydrogen-bond donors (Lipinski definition) is 0. The molecule has 1 aromatic heterocycles. The quantitative estimate of drug-likeness (QED) is 0.777. The number of hydrogen-bond acceptors (Lipinski definition) is 4. The van der Waals surface area contributed by atoms with Crippen molar-refractivity contribution in [1.82, 2.24) is 15.1 Å². The maximum Gasteiger partial charge on any atom is 0.247 e. The van der Waals surface area contributed by atoms with Gasteiger partial charge in [-0.2, -0.15) is 0 Å². The summed E-state index contributed by atoms with van der Waals surface area (Å²) in [4.78, 5) is 15.0. The first-order valence-corrected chi connectivity index (χ1v) is 9.50. The van der Waals surface area contributed by atoms with Crippen LogP contribution < -0.4 is 0 Å². The van der Waals surface area contributed by atoms with Crippen molar-refractivity contribution in [3.05, 3.63) is 53.8 Å². The average Bonchev–Trinajstić information content (AvgIpc) is 3.11. The van der Waals surface area contributed by atoms with E-state index in [0.29, 0.717) is 17.7 Å². The van der Waals surface area contributed by atoms with E-state index in [1.165, 1.54) is 24.8 Å². The lowest BCUT2D eigenvalue weighted by atomic mass is 9.61. The monoisotopic (exact) mass is 351 g/mol. The zero-order valence-electron chi connectivity index (χ0n) is 15.4. The van der Waals surface area contributed by atoms with Gasteiger partial charge in [0.15, 0.2) is 0 Å². The number of aromatic nitrogens is 2. The summed E-state index contributed by atoms with van der Waals surface area (Å²) in [7, 11) is 0. The molecule has 2 atom stereocenters. The van der Waals surface area contributed by atoms with Crippen molar-refractivity contribution in [2.75, 3.05) is 6.54 Å². The number of carbonyl (C=O) groups excluding carboxylic acids is 1. The van der Waals surface area contributed by atoms with Crippen molar-refractivity contribution in [1.29, 1.82) is 0 Å². The normalized spacial score (nSPS) is 25.3. The van der Waals surface area contributed by atoms with Gasteiger partial charge in [-0.3, -0.25) is 4.79 Å². The molecule has 2 aromatic rings. The molecule has 2 fully saturated rings. The van der Waals surface area contributed by atoms with Gasteiger partial charge in [0, 0.05) is 30.5 Å². The van der Waals surface area contributed by atoms with Crippen LogP contribution in [-0.4, -0.2) is 27.5 Å². The van der Waals surface area contributed by atoms with Crippen LogP contribution in [0.2, 0.25) is 0 Å². The molecule has 0 spiro atoms. The minimum Gasteiger partial charge on any atom is -0.421 e. The Morgan fingerprint density at radius 2 is 2.08 bits per heavy atom. The Labute approximate surface area is 154 Å². The molecule has 1 aliphatic carbocycles. The Balaban J connectivity index is 1.56. The molecule has 4 rings (SSSR count). The minimum absolute atomic E-state index is 0.0244. The Hall–Kier alpha value is -2.43. The second-order valence-electron chi connectivity index (χ2n) is 7.65. The Morgan fingerprint density at radius 1 is 1.27 bits per heavy atom. The molecule has 1 saturated heterocycles. The van der Waals surface area contributed by atoms with Crippen LogP contribution in [0.1, 0.15) is 62.8 Å². The van der Waals surface area contributed by atoms with Gasteiger partial charge >= 0.3 is 0 Å².